The van der Waals surface area contributed by atoms with Crippen LogP contribution in [0.4, 0.5) is 10.5 Å². The normalized spacial score (nSPS) is 14.1. The molecule has 3 amide bonds. The molecule has 7 nitrogen and oxygen atoms in total. The highest BCUT2D eigenvalue weighted by molar-refractivity contribution is 5.98. The van der Waals surface area contributed by atoms with Crippen molar-refractivity contribution in [3.8, 4) is 0 Å². The molecule has 0 heterocycles. The van der Waals surface area contributed by atoms with E-state index in [0.717, 1.165) is 24.0 Å². The Balaban J connectivity index is 1.73. The molecule has 2 aromatic carbocycles. The van der Waals surface area contributed by atoms with Gasteiger partial charge in [-0.15, -0.1) is 0 Å². The maximum Gasteiger partial charge on any atom is 0.330 e. The summed E-state index contributed by atoms with van der Waals surface area (Å²) in [5.74, 6) is -1.67. The summed E-state index contributed by atoms with van der Waals surface area (Å²) in [4.78, 5) is 36.2. The van der Waals surface area contributed by atoms with E-state index in [1.165, 1.54) is 6.07 Å². The van der Waals surface area contributed by atoms with Crippen molar-refractivity contribution in [2.75, 3.05) is 5.32 Å². The van der Waals surface area contributed by atoms with Gasteiger partial charge >= 0.3 is 12.0 Å². The Bertz CT molecular complexity index is 901. The second kappa shape index (κ2) is 8.12. The summed E-state index contributed by atoms with van der Waals surface area (Å²) in [7, 11) is 0. The molecule has 4 N–H and O–H groups in total. The van der Waals surface area contributed by atoms with E-state index in [-0.39, 0.29) is 17.6 Å². The summed E-state index contributed by atoms with van der Waals surface area (Å²) < 4.78 is 0. The first-order valence-electron chi connectivity index (χ1n) is 9.11. The lowest BCUT2D eigenvalue weighted by Crippen LogP contribution is -2.34. The standard InChI is InChI=1S/C21H23N3O4/c1-12-8-13(2)10-15(9-12)18(20(26)27)24-19(25)14-4-3-5-17(11-14)23-21(28)22-16-6-7-16/h3-5,8-11,16,18H,6-7H2,1-2H3,(H,24,25)(H,26,27)(H2,22,23,28). The van der Waals surface area contributed by atoms with Crippen LogP contribution in [0.15, 0.2) is 42.5 Å². The van der Waals surface area contributed by atoms with E-state index in [9.17, 15) is 19.5 Å². The van der Waals surface area contributed by atoms with Gasteiger partial charge in [-0.05, 0) is 50.5 Å². The molecule has 1 aliphatic carbocycles. The van der Waals surface area contributed by atoms with E-state index in [4.69, 9.17) is 0 Å². The van der Waals surface area contributed by atoms with Gasteiger partial charge in [0, 0.05) is 17.3 Å². The van der Waals surface area contributed by atoms with Crippen molar-refractivity contribution in [3.05, 3.63) is 64.7 Å². The van der Waals surface area contributed by atoms with Crippen LogP contribution >= 0.6 is 0 Å². The second-order valence-electron chi connectivity index (χ2n) is 7.12. The molecular weight excluding hydrogens is 358 g/mol. The zero-order chi connectivity index (χ0) is 20.3. The Morgan fingerprint density at radius 3 is 2.32 bits per heavy atom. The van der Waals surface area contributed by atoms with Crippen LogP contribution in [0.25, 0.3) is 0 Å². The number of nitrogens with one attached hydrogen (secondary N) is 3. The van der Waals surface area contributed by atoms with Gasteiger partial charge in [0.2, 0.25) is 0 Å². The summed E-state index contributed by atoms with van der Waals surface area (Å²) >= 11 is 0. The topological polar surface area (TPSA) is 108 Å². The average molecular weight is 381 g/mol. The molecule has 0 bridgehead atoms. The molecule has 7 heteroatoms. The Morgan fingerprint density at radius 2 is 1.71 bits per heavy atom. The highest BCUT2D eigenvalue weighted by Gasteiger charge is 2.24. The predicted octanol–water partition coefficient (Wildman–Crippen LogP) is 3.14. The van der Waals surface area contributed by atoms with Gasteiger partial charge in [0.1, 0.15) is 0 Å². The molecule has 146 valence electrons. The van der Waals surface area contributed by atoms with E-state index < -0.39 is 17.9 Å². The molecule has 1 unspecified atom stereocenters. The van der Waals surface area contributed by atoms with Gasteiger partial charge in [-0.25, -0.2) is 9.59 Å². The van der Waals surface area contributed by atoms with Crippen molar-refractivity contribution >= 4 is 23.6 Å². The fourth-order valence-corrected chi connectivity index (χ4v) is 3.00. The molecule has 0 aliphatic heterocycles. The molecular formula is C21H23N3O4. The first kappa shape index (κ1) is 19.4. The highest BCUT2D eigenvalue weighted by Crippen LogP contribution is 2.20. The number of urea groups is 1. The third kappa shape index (κ3) is 5.09. The number of carbonyl (C=O) groups excluding carboxylic acids is 2. The number of carbonyl (C=O) groups is 3. The minimum atomic E-state index is -1.17. The van der Waals surface area contributed by atoms with Gasteiger partial charge in [-0.3, -0.25) is 4.79 Å². The molecule has 1 fully saturated rings. The molecule has 0 saturated heterocycles. The van der Waals surface area contributed by atoms with E-state index in [0.29, 0.717) is 11.3 Å². The Morgan fingerprint density at radius 1 is 1.04 bits per heavy atom. The molecule has 0 spiro atoms. The number of amides is 3. The lowest BCUT2D eigenvalue weighted by atomic mass is 10.0. The summed E-state index contributed by atoms with van der Waals surface area (Å²) in [6, 6.07) is 10.5. The van der Waals surface area contributed by atoms with Crippen molar-refractivity contribution in [1.82, 2.24) is 10.6 Å². The van der Waals surface area contributed by atoms with E-state index >= 15 is 0 Å². The highest BCUT2D eigenvalue weighted by atomic mass is 16.4. The van der Waals surface area contributed by atoms with E-state index in [1.54, 1.807) is 30.3 Å². The van der Waals surface area contributed by atoms with Crippen LogP contribution in [0.2, 0.25) is 0 Å². The van der Waals surface area contributed by atoms with Crippen molar-refractivity contribution in [2.24, 2.45) is 0 Å². The number of hydrogen-bond donors (Lipinski definition) is 4. The fourth-order valence-electron chi connectivity index (χ4n) is 3.00. The monoisotopic (exact) mass is 381 g/mol. The van der Waals surface area contributed by atoms with Crippen molar-refractivity contribution in [2.45, 2.75) is 38.8 Å². The van der Waals surface area contributed by atoms with Gasteiger partial charge in [0.15, 0.2) is 6.04 Å². The number of carboxylic acid groups (broad SMARTS) is 1. The first-order valence-corrected chi connectivity index (χ1v) is 9.11. The minimum Gasteiger partial charge on any atom is -0.479 e. The average Bonchev–Trinajstić information content (AvgIpc) is 3.42. The molecule has 3 rings (SSSR count). The number of aryl methyl sites for hydroxylation is 2. The quantitative estimate of drug-likeness (QED) is 0.616. The van der Waals surface area contributed by atoms with Gasteiger partial charge in [-0.1, -0.05) is 35.4 Å². The molecule has 0 radical (unpaired) electrons. The zero-order valence-corrected chi connectivity index (χ0v) is 15.8. The largest absolute Gasteiger partial charge is 0.479 e. The molecule has 1 aliphatic rings. The summed E-state index contributed by atoms with van der Waals surface area (Å²) in [6.07, 6.45) is 1.95. The van der Waals surface area contributed by atoms with Gasteiger partial charge < -0.3 is 21.1 Å². The SMILES string of the molecule is Cc1cc(C)cc(C(NC(=O)c2cccc(NC(=O)NC3CC3)c2)C(=O)O)c1. The van der Waals surface area contributed by atoms with Crippen LogP contribution in [0.1, 0.15) is 45.9 Å². The lowest BCUT2D eigenvalue weighted by molar-refractivity contribution is -0.139. The molecule has 28 heavy (non-hydrogen) atoms. The molecule has 0 aromatic heterocycles. The fraction of sp³-hybridized carbons (Fsp3) is 0.286. The van der Waals surface area contributed by atoms with Crippen molar-refractivity contribution < 1.29 is 19.5 Å². The summed E-state index contributed by atoms with van der Waals surface area (Å²) in [6.45, 7) is 3.75. The van der Waals surface area contributed by atoms with Gasteiger partial charge in [-0.2, -0.15) is 0 Å². The maximum atomic E-state index is 12.6. The zero-order valence-electron chi connectivity index (χ0n) is 15.8. The number of hydrogen-bond acceptors (Lipinski definition) is 3. The van der Waals surface area contributed by atoms with Crippen molar-refractivity contribution in [1.29, 1.82) is 0 Å². The third-order valence-electron chi connectivity index (χ3n) is 4.39. The molecule has 2 aromatic rings. The van der Waals surface area contributed by atoms with Gasteiger partial charge in [0.25, 0.3) is 5.91 Å². The first-order chi connectivity index (χ1) is 13.3. The maximum absolute atomic E-state index is 12.6. The molecule has 1 atom stereocenters. The predicted molar refractivity (Wildman–Crippen MR) is 105 cm³/mol. The van der Waals surface area contributed by atoms with Crippen LogP contribution in [-0.2, 0) is 4.79 Å². The molecule has 1 saturated carbocycles. The van der Waals surface area contributed by atoms with Crippen LogP contribution in [0.3, 0.4) is 0 Å². The Kier molecular flexibility index (Phi) is 5.63. The Hall–Kier alpha value is -3.35. The van der Waals surface area contributed by atoms with Crippen LogP contribution in [0.5, 0.6) is 0 Å². The van der Waals surface area contributed by atoms with Crippen molar-refractivity contribution in [3.63, 3.8) is 0 Å². The number of aliphatic carboxylic acids is 1. The number of anilines is 1. The summed E-state index contributed by atoms with van der Waals surface area (Å²) in [5.41, 5.74) is 3.08. The number of benzene rings is 2. The van der Waals surface area contributed by atoms with Crippen LogP contribution in [-0.4, -0.2) is 29.1 Å². The van der Waals surface area contributed by atoms with Crippen LogP contribution < -0.4 is 16.0 Å². The second-order valence-corrected chi connectivity index (χ2v) is 7.12. The van der Waals surface area contributed by atoms with E-state index in [1.807, 2.05) is 19.9 Å². The van der Waals surface area contributed by atoms with E-state index in [2.05, 4.69) is 16.0 Å². The smallest absolute Gasteiger partial charge is 0.330 e. The number of rotatable bonds is 6. The summed E-state index contributed by atoms with van der Waals surface area (Å²) in [5, 5.41) is 17.6. The Labute approximate surface area is 163 Å². The lowest BCUT2D eigenvalue weighted by Gasteiger charge is -2.17. The minimum absolute atomic E-state index is 0.223. The van der Waals surface area contributed by atoms with Gasteiger partial charge in [0.05, 0.1) is 0 Å². The third-order valence-corrected chi connectivity index (χ3v) is 4.39. The van der Waals surface area contributed by atoms with Crippen LogP contribution in [0, 0.1) is 13.8 Å². The number of carboxylic acids is 1.